The van der Waals surface area contributed by atoms with Gasteiger partial charge in [0.1, 0.15) is 5.82 Å². The number of likely N-dealkylation sites (tertiary alicyclic amines) is 1. The molecular weight excluding hydrogens is 412 g/mol. The van der Waals surface area contributed by atoms with Crippen molar-refractivity contribution >= 4 is 11.7 Å². The van der Waals surface area contributed by atoms with E-state index in [0.717, 1.165) is 17.5 Å². The molecule has 1 aliphatic heterocycles. The zero-order valence-electron chi connectivity index (χ0n) is 18.4. The van der Waals surface area contributed by atoms with Crippen LogP contribution in [-0.4, -0.2) is 44.5 Å². The average molecular weight is 440 g/mol. The molecule has 168 valence electrons. The van der Waals surface area contributed by atoms with Gasteiger partial charge in [-0.05, 0) is 38.0 Å². The standard InChI is InChI=1S/C24H27F2N5O/c1-15(17-7-5-4-6-8-17)24(32)31-12-11-18(13-31)28-21-10-9-19(16(2)27-21)20-14-30(3)23(29-20)22(25)26/h4-10,14-15,18,22H,11-13H2,1-3H3,(H,27,28)/t15-,18+/m1/s1. The molecule has 0 saturated carbocycles. The summed E-state index contributed by atoms with van der Waals surface area (Å²) in [4.78, 5) is 23.4. The largest absolute Gasteiger partial charge is 0.365 e. The summed E-state index contributed by atoms with van der Waals surface area (Å²) in [5.41, 5.74) is 2.92. The van der Waals surface area contributed by atoms with E-state index in [-0.39, 0.29) is 23.7 Å². The monoisotopic (exact) mass is 439 g/mol. The fourth-order valence-electron chi connectivity index (χ4n) is 4.17. The third-order valence-electron chi connectivity index (χ3n) is 5.99. The van der Waals surface area contributed by atoms with Gasteiger partial charge in [0.05, 0.1) is 11.6 Å². The van der Waals surface area contributed by atoms with Crippen LogP contribution in [0.3, 0.4) is 0 Å². The van der Waals surface area contributed by atoms with Crippen molar-refractivity contribution in [3.63, 3.8) is 0 Å². The molecule has 1 fully saturated rings. The molecule has 0 bridgehead atoms. The molecule has 3 heterocycles. The average Bonchev–Trinajstić information content (AvgIpc) is 3.40. The van der Waals surface area contributed by atoms with Crippen LogP contribution in [0.25, 0.3) is 11.3 Å². The van der Waals surface area contributed by atoms with E-state index in [0.29, 0.717) is 30.3 Å². The van der Waals surface area contributed by atoms with Gasteiger partial charge in [-0.25, -0.2) is 18.7 Å². The topological polar surface area (TPSA) is 63.1 Å². The van der Waals surface area contributed by atoms with Gasteiger partial charge >= 0.3 is 0 Å². The SMILES string of the molecule is Cc1nc(N[C@H]2CCN(C(=O)[C@H](C)c3ccccc3)C2)ccc1-c1cn(C)c(C(F)F)n1. The van der Waals surface area contributed by atoms with E-state index in [1.807, 2.05) is 61.2 Å². The lowest BCUT2D eigenvalue weighted by Crippen LogP contribution is -2.34. The Kier molecular flexibility index (Phi) is 6.21. The number of aryl methyl sites for hydroxylation is 2. The van der Waals surface area contributed by atoms with Crippen LogP contribution in [0.5, 0.6) is 0 Å². The Hall–Kier alpha value is -3.29. The summed E-state index contributed by atoms with van der Waals surface area (Å²) in [6.45, 7) is 5.11. The molecule has 6 nitrogen and oxygen atoms in total. The first-order valence-electron chi connectivity index (χ1n) is 10.7. The highest BCUT2D eigenvalue weighted by Gasteiger charge is 2.29. The van der Waals surface area contributed by atoms with Gasteiger partial charge < -0.3 is 14.8 Å². The fraction of sp³-hybridized carbons (Fsp3) is 0.375. The number of rotatable bonds is 6. The van der Waals surface area contributed by atoms with Gasteiger partial charge in [0.15, 0.2) is 5.82 Å². The minimum absolute atomic E-state index is 0.111. The van der Waals surface area contributed by atoms with E-state index in [1.54, 1.807) is 13.2 Å². The van der Waals surface area contributed by atoms with Gasteiger partial charge in [0.2, 0.25) is 5.91 Å². The quantitative estimate of drug-likeness (QED) is 0.612. The lowest BCUT2D eigenvalue weighted by atomic mass is 10.00. The van der Waals surface area contributed by atoms with Gasteiger partial charge in [0, 0.05) is 43.6 Å². The van der Waals surface area contributed by atoms with Crippen LogP contribution in [0, 0.1) is 6.92 Å². The Labute approximate surface area is 186 Å². The number of halogens is 2. The molecule has 0 aliphatic carbocycles. The maximum atomic E-state index is 13.0. The second-order valence-corrected chi connectivity index (χ2v) is 8.27. The highest BCUT2D eigenvalue weighted by molar-refractivity contribution is 5.83. The molecule has 0 unspecified atom stereocenters. The molecule has 2 aromatic heterocycles. The number of hydrogen-bond donors (Lipinski definition) is 1. The first-order chi connectivity index (χ1) is 15.3. The maximum Gasteiger partial charge on any atom is 0.295 e. The number of benzene rings is 1. The third kappa shape index (κ3) is 4.49. The predicted octanol–water partition coefficient (Wildman–Crippen LogP) is 4.54. The van der Waals surface area contributed by atoms with Crippen molar-refractivity contribution in [1.29, 1.82) is 0 Å². The second kappa shape index (κ2) is 9.06. The summed E-state index contributed by atoms with van der Waals surface area (Å²) >= 11 is 0. The number of anilines is 1. The molecule has 3 aromatic rings. The van der Waals surface area contributed by atoms with Gasteiger partial charge in [0.25, 0.3) is 6.43 Å². The molecule has 0 spiro atoms. The van der Waals surface area contributed by atoms with Crippen LogP contribution in [0.4, 0.5) is 14.6 Å². The maximum absolute atomic E-state index is 13.0. The Bertz CT molecular complexity index is 1100. The van der Waals surface area contributed by atoms with E-state index < -0.39 is 6.43 Å². The molecule has 4 rings (SSSR count). The van der Waals surface area contributed by atoms with Gasteiger partial charge in [-0.3, -0.25) is 4.79 Å². The normalized spacial score (nSPS) is 17.1. The summed E-state index contributed by atoms with van der Waals surface area (Å²) in [7, 11) is 1.56. The molecule has 2 atom stereocenters. The minimum Gasteiger partial charge on any atom is -0.365 e. The van der Waals surface area contributed by atoms with Gasteiger partial charge in [-0.15, -0.1) is 0 Å². The molecule has 0 radical (unpaired) electrons. The molecule has 1 amide bonds. The summed E-state index contributed by atoms with van der Waals surface area (Å²) in [5.74, 6) is 0.393. The van der Waals surface area contributed by atoms with Crippen molar-refractivity contribution in [2.24, 2.45) is 7.05 Å². The Morgan fingerprint density at radius 3 is 2.56 bits per heavy atom. The van der Waals surface area contributed by atoms with Crippen molar-refractivity contribution < 1.29 is 13.6 Å². The van der Waals surface area contributed by atoms with Crippen LogP contribution in [-0.2, 0) is 11.8 Å². The summed E-state index contributed by atoms with van der Waals surface area (Å²) in [6, 6.07) is 13.6. The number of hydrogen-bond acceptors (Lipinski definition) is 4. The molecule has 1 aliphatic rings. The number of imidazole rings is 1. The smallest absolute Gasteiger partial charge is 0.295 e. The van der Waals surface area contributed by atoms with E-state index in [2.05, 4.69) is 15.3 Å². The molecule has 1 saturated heterocycles. The van der Waals surface area contributed by atoms with Crippen LogP contribution in [0.2, 0.25) is 0 Å². The lowest BCUT2D eigenvalue weighted by Gasteiger charge is -2.21. The first-order valence-corrected chi connectivity index (χ1v) is 10.7. The number of amides is 1. The van der Waals surface area contributed by atoms with Crippen LogP contribution < -0.4 is 5.32 Å². The Morgan fingerprint density at radius 1 is 1.16 bits per heavy atom. The fourth-order valence-corrected chi connectivity index (χ4v) is 4.17. The number of pyridine rings is 1. The number of alkyl halides is 2. The molecule has 1 N–H and O–H groups in total. The van der Waals surface area contributed by atoms with Crippen molar-refractivity contribution in [2.75, 3.05) is 18.4 Å². The minimum atomic E-state index is -2.62. The van der Waals surface area contributed by atoms with Crippen molar-refractivity contribution in [3.8, 4) is 11.3 Å². The number of carbonyl (C=O) groups is 1. The highest BCUT2D eigenvalue weighted by atomic mass is 19.3. The molecule has 32 heavy (non-hydrogen) atoms. The van der Waals surface area contributed by atoms with E-state index in [9.17, 15) is 13.6 Å². The Morgan fingerprint density at radius 2 is 1.91 bits per heavy atom. The zero-order valence-corrected chi connectivity index (χ0v) is 18.4. The number of nitrogens with one attached hydrogen (secondary N) is 1. The first kappa shape index (κ1) is 21.9. The summed E-state index contributed by atoms with van der Waals surface area (Å²) in [6.07, 6.45) is -0.193. The molecule has 1 aromatic carbocycles. The third-order valence-corrected chi connectivity index (χ3v) is 5.99. The predicted molar refractivity (Wildman–Crippen MR) is 120 cm³/mol. The number of carbonyl (C=O) groups excluding carboxylic acids is 1. The number of nitrogens with zero attached hydrogens (tertiary/aromatic N) is 4. The molecular formula is C24H27F2N5O. The van der Waals surface area contributed by atoms with Crippen molar-refractivity contribution in [3.05, 3.63) is 65.7 Å². The Balaban J connectivity index is 1.40. The van der Waals surface area contributed by atoms with E-state index in [4.69, 9.17) is 0 Å². The second-order valence-electron chi connectivity index (χ2n) is 8.27. The summed E-state index contributed by atoms with van der Waals surface area (Å²) < 4.78 is 27.4. The van der Waals surface area contributed by atoms with Gasteiger partial charge in [-0.1, -0.05) is 30.3 Å². The van der Waals surface area contributed by atoms with Crippen molar-refractivity contribution in [1.82, 2.24) is 19.4 Å². The zero-order chi connectivity index (χ0) is 22.8. The van der Waals surface area contributed by atoms with Crippen LogP contribution in [0.15, 0.2) is 48.7 Å². The lowest BCUT2D eigenvalue weighted by molar-refractivity contribution is -0.131. The van der Waals surface area contributed by atoms with E-state index in [1.165, 1.54) is 4.57 Å². The summed E-state index contributed by atoms with van der Waals surface area (Å²) in [5, 5.41) is 3.41. The van der Waals surface area contributed by atoms with E-state index >= 15 is 0 Å². The highest BCUT2D eigenvalue weighted by Crippen LogP contribution is 2.27. The molecule has 8 heteroatoms. The van der Waals surface area contributed by atoms with Crippen LogP contribution >= 0.6 is 0 Å². The van der Waals surface area contributed by atoms with Crippen molar-refractivity contribution in [2.45, 2.75) is 38.7 Å². The van der Waals surface area contributed by atoms with Crippen LogP contribution in [0.1, 0.15) is 42.8 Å². The van der Waals surface area contributed by atoms with Gasteiger partial charge in [-0.2, -0.15) is 0 Å². The number of aromatic nitrogens is 3.